The Labute approximate surface area is 93.6 Å². The Morgan fingerprint density at radius 1 is 1.50 bits per heavy atom. The third-order valence-corrected chi connectivity index (χ3v) is 2.97. The van der Waals surface area contributed by atoms with Crippen LogP contribution in [0.5, 0.6) is 0 Å². The molecule has 0 unspecified atom stereocenters. The normalized spacial score (nSPS) is 20.6. The van der Waals surface area contributed by atoms with Crippen molar-refractivity contribution in [2.75, 3.05) is 26.6 Å². The fourth-order valence-electron chi connectivity index (χ4n) is 0.736. The van der Waals surface area contributed by atoms with Gasteiger partial charge in [-0.1, -0.05) is 24.0 Å². The second-order valence-electron chi connectivity index (χ2n) is 2.23. The summed E-state index contributed by atoms with van der Waals surface area (Å²) in [6.45, 7) is 0.964. The first-order valence-electron chi connectivity index (χ1n) is 2.76. The first-order chi connectivity index (χ1) is 4.20. The summed E-state index contributed by atoms with van der Waals surface area (Å²) in [7, 11) is 4.11. The summed E-state index contributed by atoms with van der Waals surface area (Å²) in [5.41, 5.74) is 0. The minimum atomic E-state index is 0. The third-order valence-electron chi connectivity index (χ3n) is 1.17. The van der Waals surface area contributed by atoms with Crippen LogP contribution in [0.2, 0.25) is 0 Å². The van der Waals surface area contributed by atoms with Gasteiger partial charge in [0.05, 0.1) is 12.5 Å². The molecule has 2 nitrogen and oxygen atoms in total. The molecule has 1 radical (unpaired) electrons. The SMILES string of the molecule is CN1CSC(=S)N(C)C1.[Na]. The largest absolute Gasteiger partial charge is 0.348 e. The molecule has 0 N–H and O–H groups in total. The number of hydrogen-bond acceptors (Lipinski definition) is 3. The summed E-state index contributed by atoms with van der Waals surface area (Å²) in [4.78, 5) is 4.30. The maximum atomic E-state index is 5.04. The Balaban J connectivity index is 0.000000810. The molecule has 0 atom stereocenters. The summed E-state index contributed by atoms with van der Waals surface area (Å²) >= 11 is 6.76. The van der Waals surface area contributed by atoms with Gasteiger partial charge >= 0.3 is 0 Å². The predicted octanol–water partition coefficient (Wildman–Crippen LogP) is 0.416. The van der Waals surface area contributed by atoms with Crippen LogP contribution >= 0.6 is 24.0 Å². The van der Waals surface area contributed by atoms with Gasteiger partial charge in [0, 0.05) is 36.6 Å². The van der Waals surface area contributed by atoms with Crippen LogP contribution in [0.25, 0.3) is 0 Å². The van der Waals surface area contributed by atoms with Crippen molar-refractivity contribution in [3.8, 4) is 0 Å². The van der Waals surface area contributed by atoms with Crippen molar-refractivity contribution in [2.24, 2.45) is 0 Å². The van der Waals surface area contributed by atoms with Crippen molar-refractivity contribution < 1.29 is 0 Å². The topological polar surface area (TPSA) is 6.48 Å². The molecule has 0 aromatic heterocycles. The van der Waals surface area contributed by atoms with E-state index in [2.05, 4.69) is 16.8 Å². The van der Waals surface area contributed by atoms with Gasteiger partial charge < -0.3 is 4.90 Å². The molecule has 1 saturated heterocycles. The smallest absolute Gasteiger partial charge is 0.138 e. The number of thioether (sulfide) groups is 1. The molecule has 53 valence electrons. The van der Waals surface area contributed by atoms with Crippen molar-refractivity contribution in [2.45, 2.75) is 0 Å². The Hall–Kier alpha value is 1.20. The van der Waals surface area contributed by atoms with Crippen LogP contribution in [-0.4, -0.2) is 70.3 Å². The summed E-state index contributed by atoms with van der Waals surface area (Å²) in [6.07, 6.45) is 0. The average Bonchev–Trinajstić information content (AvgIpc) is 1.80. The molecule has 1 heterocycles. The zero-order chi connectivity index (χ0) is 6.85. The Morgan fingerprint density at radius 3 is 2.50 bits per heavy atom. The van der Waals surface area contributed by atoms with E-state index < -0.39 is 0 Å². The molecule has 1 rings (SSSR count). The van der Waals surface area contributed by atoms with Crippen LogP contribution in [0, 0.1) is 0 Å². The van der Waals surface area contributed by atoms with Gasteiger partial charge in [0.25, 0.3) is 0 Å². The van der Waals surface area contributed by atoms with Crippen molar-refractivity contribution >= 4 is 57.9 Å². The van der Waals surface area contributed by atoms with E-state index in [1.807, 2.05) is 7.05 Å². The molecule has 10 heavy (non-hydrogen) atoms. The molecule has 0 bridgehead atoms. The van der Waals surface area contributed by atoms with Crippen LogP contribution in [0.1, 0.15) is 0 Å². The van der Waals surface area contributed by atoms with Crippen LogP contribution in [0.15, 0.2) is 0 Å². The second kappa shape index (κ2) is 4.95. The van der Waals surface area contributed by atoms with E-state index in [1.54, 1.807) is 11.8 Å². The molecule has 0 spiro atoms. The van der Waals surface area contributed by atoms with Crippen LogP contribution < -0.4 is 0 Å². The minimum absolute atomic E-state index is 0. The molecule has 0 aliphatic carbocycles. The van der Waals surface area contributed by atoms with Gasteiger partial charge in [0.2, 0.25) is 0 Å². The first-order valence-corrected chi connectivity index (χ1v) is 4.16. The number of hydrogen-bond donors (Lipinski definition) is 0. The van der Waals surface area contributed by atoms with Gasteiger partial charge in [-0.05, 0) is 7.05 Å². The molecule has 0 amide bonds. The monoisotopic (exact) mass is 185 g/mol. The number of nitrogens with zero attached hydrogens (tertiary/aromatic N) is 2. The van der Waals surface area contributed by atoms with Crippen molar-refractivity contribution in [1.82, 2.24) is 9.80 Å². The molecule has 0 saturated carbocycles. The van der Waals surface area contributed by atoms with Crippen molar-refractivity contribution in [3.05, 3.63) is 0 Å². The van der Waals surface area contributed by atoms with Gasteiger partial charge in [-0.15, -0.1) is 0 Å². The zero-order valence-corrected chi connectivity index (χ0v) is 10.3. The van der Waals surface area contributed by atoms with Crippen molar-refractivity contribution in [3.63, 3.8) is 0 Å². The molecule has 0 aromatic rings. The molecule has 0 aromatic carbocycles. The molecule has 1 aliphatic rings. The van der Waals surface area contributed by atoms with Crippen molar-refractivity contribution in [1.29, 1.82) is 0 Å². The Morgan fingerprint density at radius 2 is 2.10 bits per heavy atom. The first kappa shape index (κ1) is 11.2. The molecule has 5 heteroatoms. The molecular weight excluding hydrogens is 175 g/mol. The van der Waals surface area contributed by atoms with Crippen LogP contribution in [0.4, 0.5) is 0 Å². The van der Waals surface area contributed by atoms with E-state index in [4.69, 9.17) is 12.2 Å². The van der Waals surface area contributed by atoms with E-state index in [0.29, 0.717) is 0 Å². The van der Waals surface area contributed by atoms with E-state index in [1.165, 1.54) is 0 Å². The van der Waals surface area contributed by atoms with Gasteiger partial charge in [-0.2, -0.15) is 0 Å². The van der Waals surface area contributed by atoms with E-state index in [0.717, 1.165) is 16.9 Å². The predicted molar refractivity (Wildman–Crippen MR) is 51.2 cm³/mol. The summed E-state index contributed by atoms with van der Waals surface area (Å²) in [5, 5.41) is 0. The molecular formula is C5H10N2NaS2. The average molecular weight is 185 g/mol. The zero-order valence-electron chi connectivity index (χ0n) is 6.63. The van der Waals surface area contributed by atoms with Gasteiger partial charge in [0.15, 0.2) is 0 Å². The third kappa shape index (κ3) is 3.07. The maximum Gasteiger partial charge on any atom is 0.138 e. The van der Waals surface area contributed by atoms with E-state index >= 15 is 0 Å². The summed E-state index contributed by atoms with van der Waals surface area (Å²) in [6, 6.07) is 0. The molecule has 1 fully saturated rings. The number of thiocarbonyl (C=S) groups is 1. The minimum Gasteiger partial charge on any atom is -0.348 e. The van der Waals surface area contributed by atoms with Gasteiger partial charge in [-0.25, -0.2) is 0 Å². The molecule has 1 aliphatic heterocycles. The fourth-order valence-corrected chi connectivity index (χ4v) is 1.64. The Bertz CT molecular complexity index is 131. The van der Waals surface area contributed by atoms with Gasteiger partial charge in [-0.3, -0.25) is 4.90 Å². The second-order valence-corrected chi connectivity index (χ2v) is 3.81. The quantitative estimate of drug-likeness (QED) is 0.398. The standard InChI is InChI=1S/C5H10N2S2.Na/c1-6-3-7(2)5(8)9-4-6;/h3-4H2,1-2H3;. The van der Waals surface area contributed by atoms with Gasteiger partial charge in [0.1, 0.15) is 4.32 Å². The number of rotatable bonds is 0. The van der Waals surface area contributed by atoms with E-state index in [9.17, 15) is 0 Å². The maximum absolute atomic E-state index is 5.04. The van der Waals surface area contributed by atoms with E-state index in [-0.39, 0.29) is 29.6 Å². The summed E-state index contributed by atoms with van der Waals surface area (Å²) < 4.78 is 1.01. The fraction of sp³-hybridized carbons (Fsp3) is 0.800. The summed E-state index contributed by atoms with van der Waals surface area (Å²) in [5.74, 6) is 1.03. The Kier molecular flexibility index (Phi) is 5.55. The van der Waals surface area contributed by atoms with Crippen LogP contribution in [0.3, 0.4) is 0 Å². The van der Waals surface area contributed by atoms with Crippen LogP contribution in [-0.2, 0) is 0 Å².